The molecule has 94 heavy (non-hydrogen) atoms. The second-order valence-corrected chi connectivity index (χ2v) is 32.3. The number of hydrogen-bond acceptors (Lipinski definition) is 26. The predicted octanol–water partition coefficient (Wildman–Crippen LogP) is 9.38. The number of aliphatic hydroxyl groups is 1. The summed E-state index contributed by atoms with van der Waals surface area (Å²) >= 11 is 7.06. The minimum absolute atomic E-state index is 0.0228. The molecular formula is C63H82Br2N20O7P2. The van der Waals surface area contributed by atoms with Crippen molar-refractivity contribution >= 4 is 148 Å². The normalized spacial score (nSPS) is 16.6. The van der Waals surface area contributed by atoms with Gasteiger partial charge in [0.05, 0.1) is 83.9 Å². The van der Waals surface area contributed by atoms with Crippen LogP contribution in [0.25, 0.3) is 22.1 Å². The Morgan fingerprint density at radius 1 is 0.553 bits per heavy atom. The number of hydrogen-bond donors (Lipinski definition) is 6. The molecule has 4 aliphatic rings. The van der Waals surface area contributed by atoms with Crippen LogP contribution in [0.15, 0.2) is 94.7 Å². The number of aromatic nitrogens is 8. The van der Waals surface area contributed by atoms with Gasteiger partial charge in [-0.25, -0.2) is 9.97 Å². The average molecular weight is 1450 g/mol. The van der Waals surface area contributed by atoms with Crippen LogP contribution in [-0.4, -0.2) is 222 Å². The van der Waals surface area contributed by atoms with Gasteiger partial charge in [0.25, 0.3) is 5.69 Å². The number of nitrogens with two attached hydrogens (primary N) is 1. The number of rotatable bonds is 17. The first kappa shape index (κ1) is 69.4. The highest BCUT2D eigenvalue weighted by Gasteiger charge is 2.33. The fraction of sp³-hybridized carbons (Fsp3) is 0.429. The Balaban J connectivity index is 0.000000200. The van der Waals surface area contributed by atoms with E-state index in [-0.39, 0.29) is 16.6 Å². The Bertz CT molecular complexity index is 4100. The minimum atomic E-state index is -2.80. The van der Waals surface area contributed by atoms with Crippen molar-refractivity contribution in [2.45, 2.75) is 37.8 Å². The molecule has 31 heteroatoms. The lowest BCUT2D eigenvalue weighted by molar-refractivity contribution is -0.384. The molecule has 4 aliphatic heterocycles. The Kier molecular flexibility index (Phi) is 22.5. The number of likely N-dealkylation sites (N-methyl/N-ethyl adjacent to an activating group) is 2. The molecule has 8 heterocycles. The molecule has 500 valence electrons. The van der Waals surface area contributed by atoms with E-state index in [0.29, 0.717) is 117 Å². The van der Waals surface area contributed by atoms with E-state index in [4.69, 9.17) is 25.3 Å². The maximum Gasteiger partial charge on any atom is 0.294 e. The highest BCUT2D eigenvalue weighted by molar-refractivity contribution is 9.11. The van der Waals surface area contributed by atoms with Crippen molar-refractivity contribution < 1.29 is 28.6 Å². The molecule has 0 aliphatic carbocycles. The zero-order valence-electron chi connectivity index (χ0n) is 54.4. The molecule has 0 saturated carbocycles. The Labute approximate surface area is 564 Å². The Morgan fingerprint density at radius 3 is 1.35 bits per heavy atom. The summed E-state index contributed by atoms with van der Waals surface area (Å²) in [5, 5.41) is 33.5. The molecule has 0 unspecified atom stereocenters. The van der Waals surface area contributed by atoms with E-state index in [9.17, 15) is 19.2 Å². The zero-order valence-corrected chi connectivity index (χ0v) is 59.3. The van der Waals surface area contributed by atoms with Crippen molar-refractivity contribution in [1.82, 2.24) is 59.5 Å². The molecule has 4 aromatic carbocycles. The second-order valence-electron chi connectivity index (χ2n) is 24.3. The van der Waals surface area contributed by atoms with Gasteiger partial charge in [-0.15, -0.1) is 0 Å². The number of fused-ring (bicyclic) bond motifs is 2. The molecule has 0 atom stereocenters. The van der Waals surface area contributed by atoms with Gasteiger partial charge in [0.2, 0.25) is 11.9 Å². The number of methoxy groups -OCH3 is 2. The highest BCUT2D eigenvalue weighted by atomic mass is 79.9. The van der Waals surface area contributed by atoms with Gasteiger partial charge < -0.3 is 70.3 Å². The predicted molar refractivity (Wildman–Crippen MR) is 384 cm³/mol. The largest absolute Gasteiger partial charge is 0.494 e. The number of piperazine rings is 2. The van der Waals surface area contributed by atoms with Crippen LogP contribution in [0.3, 0.4) is 0 Å². The number of nitro benzene ring substituents is 1. The van der Waals surface area contributed by atoms with Crippen molar-refractivity contribution in [3.8, 4) is 11.5 Å². The molecule has 0 spiro atoms. The summed E-state index contributed by atoms with van der Waals surface area (Å²) in [6, 6.07) is 15.5. The molecule has 0 amide bonds. The number of benzene rings is 4. The lowest BCUT2D eigenvalue weighted by Gasteiger charge is -2.42. The number of ether oxygens (including phenoxy) is 2. The molecular weight excluding hydrogens is 1370 g/mol. The number of piperidine rings is 2. The average Bonchev–Trinajstić information content (AvgIpc) is 0.791. The number of aliphatic hydroxyl groups excluding tert-OH is 1. The zero-order chi connectivity index (χ0) is 67.0. The fourth-order valence-electron chi connectivity index (χ4n) is 12.5. The van der Waals surface area contributed by atoms with Gasteiger partial charge >= 0.3 is 0 Å². The molecule has 27 nitrogen and oxygen atoms in total. The standard InChI is InChI=1S/C31H38BrN10O4P.C31H40BrN10O2P.CH4O/c1-39-13-15-40(16-14-39)20-7-11-41(12-8-20)25-18-27(46-2)24(17-26(25)42(43)44)37-31-35-19-21(32)30(38-31)36-23-6-5-22-28(34-10-9-33-22)29(23)47(3,4)45;1-40-13-15-41(16-14-40)20-7-11-42(12-8-20)26-18-27(44-2)25(17-22(26)33)38-31-36-19-21(32)30(39-31)37-24-6-5-23-28(35-10-9-34-23)29(24)45(3,4)43;1-2/h5-6,9-10,17-20H,7-8,11-16H2,1-4H3,(H2,35,36,37,38);5-6,9-10,17-20H,7-8,11-16,33H2,1-4H3,(H2,36,37,38,39);2H,1H3. The first-order valence-electron chi connectivity index (χ1n) is 31.0. The van der Waals surface area contributed by atoms with Crippen molar-refractivity contribution in [3.63, 3.8) is 0 Å². The SMILES string of the molecule is CO.COc1cc(N2CCC(N3CCN(C)CC3)CC2)c(N)cc1Nc1ncc(Br)c(Nc2ccc3nccnc3c2P(C)(C)=O)n1.COc1cc(N2CCC(N3CCN(C)CC3)CC2)c([N+](=O)[O-])cc1Nc1ncc(Br)c(Nc2ccc3nccnc3c2P(C)(C)=O)n1. The van der Waals surface area contributed by atoms with Crippen LogP contribution in [0.4, 0.5) is 69.0 Å². The first-order valence-corrected chi connectivity index (χ1v) is 37.8. The summed E-state index contributed by atoms with van der Waals surface area (Å²) in [7, 11) is 2.98. The van der Waals surface area contributed by atoms with Gasteiger partial charge in [-0.2, -0.15) is 9.97 Å². The van der Waals surface area contributed by atoms with Crippen LogP contribution in [0, 0.1) is 10.1 Å². The minimum Gasteiger partial charge on any atom is -0.494 e. The van der Waals surface area contributed by atoms with E-state index < -0.39 is 14.3 Å². The Morgan fingerprint density at radius 2 is 0.947 bits per heavy atom. The van der Waals surface area contributed by atoms with E-state index in [1.54, 1.807) is 89.1 Å². The van der Waals surface area contributed by atoms with Gasteiger partial charge in [0.1, 0.15) is 54.1 Å². The third kappa shape index (κ3) is 16.3. The number of halogens is 2. The number of nitrogen functional groups attached to an aromatic ring is 1. The van der Waals surface area contributed by atoms with Crippen LogP contribution in [0.5, 0.6) is 11.5 Å². The van der Waals surface area contributed by atoms with Crippen LogP contribution in [0.1, 0.15) is 25.7 Å². The smallest absolute Gasteiger partial charge is 0.294 e. The maximum absolute atomic E-state index is 13.4. The molecule has 4 fully saturated rings. The van der Waals surface area contributed by atoms with E-state index in [1.807, 2.05) is 24.3 Å². The highest BCUT2D eigenvalue weighted by Crippen LogP contribution is 2.45. The molecule has 4 aromatic heterocycles. The molecule has 12 rings (SSSR count). The summed E-state index contributed by atoms with van der Waals surface area (Å²) in [5.74, 6) is 2.50. The van der Waals surface area contributed by atoms with Crippen LogP contribution in [-0.2, 0) is 9.13 Å². The molecule has 0 bridgehead atoms. The van der Waals surface area contributed by atoms with Gasteiger partial charge in [-0.05, 0) is 129 Å². The monoisotopic (exact) mass is 1450 g/mol. The van der Waals surface area contributed by atoms with Crippen molar-refractivity contribution in [3.05, 3.63) is 105 Å². The third-order valence-electron chi connectivity index (χ3n) is 17.4. The first-order chi connectivity index (χ1) is 45.1. The quantitative estimate of drug-likeness (QED) is 0.0214. The summed E-state index contributed by atoms with van der Waals surface area (Å²) in [4.78, 5) is 62.2. The Hall–Kier alpha value is -7.46. The molecule has 4 saturated heterocycles. The van der Waals surface area contributed by atoms with Crippen molar-refractivity contribution in [1.29, 1.82) is 0 Å². The number of nitrogens with one attached hydrogen (secondary N) is 4. The fourth-order valence-corrected chi connectivity index (χ4v) is 15.9. The van der Waals surface area contributed by atoms with Gasteiger partial charge in [0, 0.05) is 153 Å². The molecule has 8 aromatic rings. The number of anilines is 11. The number of nitro groups is 1. The summed E-state index contributed by atoms with van der Waals surface area (Å²) in [6.45, 7) is 19.0. The summed E-state index contributed by atoms with van der Waals surface area (Å²) in [6.07, 6.45) is 13.7. The third-order valence-corrected chi connectivity index (χ3v) is 21.6. The van der Waals surface area contributed by atoms with Gasteiger partial charge in [-0.3, -0.25) is 39.9 Å². The van der Waals surface area contributed by atoms with E-state index in [0.717, 1.165) is 117 Å². The molecule has 7 N–H and O–H groups in total. The van der Waals surface area contributed by atoms with E-state index in [1.165, 1.54) is 13.2 Å². The van der Waals surface area contributed by atoms with E-state index >= 15 is 0 Å². The van der Waals surface area contributed by atoms with Crippen LogP contribution >= 0.6 is 46.1 Å². The van der Waals surface area contributed by atoms with Crippen molar-refractivity contribution in [2.75, 3.05) is 177 Å². The van der Waals surface area contributed by atoms with Crippen LogP contribution in [0.2, 0.25) is 0 Å². The lowest BCUT2D eigenvalue weighted by Crippen LogP contribution is -2.52. The number of nitrogens with zero attached hydrogens (tertiary/aromatic N) is 15. The van der Waals surface area contributed by atoms with Crippen molar-refractivity contribution in [2.24, 2.45) is 0 Å². The van der Waals surface area contributed by atoms with Crippen LogP contribution < -0.4 is 56.9 Å². The lowest BCUT2D eigenvalue weighted by atomic mass is 10.0. The second kappa shape index (κ2) is 30.5. The summed E-state index contributed by atoms with van der Waals surface area (Å²) in [5.41, 5.74) is 13.5. The topological polar surface area (TPSA) is 313 Å². The van der Waals surface area contributed by atoms with E-state index in [2.05, 4.69) is 132 Å². The maximum atomic E-state index is 13.4. The molecule has 0 radical (unpaired) electrons. The summed E-state index contributed by atoms with van der Waals surface area (Å²) < 4.78 is 39.5. The van der Waals surface area contributed by atoms with Gasteiger partial charge in [0.15, 0.2) is 0 Å². The van der Waals surface area contributed by atoms with Gasteiger partial charge in [-0.1, -0.05) is 0 Å².